The molecule has 0 radical (unpaired) electrons. The fourth-order valence-electron chi connectivity index (χ4n) is 1.60. The van der Waals surface area contributed by atoms with Crippen LogP contribution in [0.3, 0.4) is 0 Å². The van der Waals surface area contributed by atoms with E-state index in [-0.39, 0.29) is 5.56 Å². The average Bonchev–Trinajstić information content (AvgIpc) is 2.25. The van der Waals surface area contributed by atoms with E-state index in [1.165, 1.54) is 10.6 Å². The summed E-state index contributed by atoms with van der Waals surface area (Å²) in [7, 11) is 0. The van der Waals surface area contributed by atoms with Gasteiger partial charge in [0, 0.05) is 22.4 Å². The zero-order valence-corrected chi connectivity index (χ0v) is 10.7. The van der Waals surface area contributed by atoms with Crippen LogP contribution in [-0.4, -0.2) is 9.55 Å². The molecule has 0 atom stereocenters. The van der Waals surface area contributed by atoms with Gasteiger partial charge in [-0.3, -0.25) is 9.78 Å². The quantitative estimate of drug-likeness (QED) is 0.853. The maximum atomic E-state index is 13.0. The standard InChI is InChI=1S/C12H10BrFN2O/c1-8-2-10(13)7-16(12(8)17)6-9-3-11(14)5-15-4-9/h2-5,7H,6H2,1H3. The fourth-order valence-corrected chi connectivity index (χ4v) is 2.19. The van der Waals surface area contributed by atoms with Gasteiger partial charge >= 0.3 is 0 Å². The van der Waals surface area contributed by atoms with Crippen molar-refractivity contribution in [1.29, 1.82) is 0 Å². The molecule has 0 fully saturated rings. The molecule has 2 aromatic rings. The Labute approximate surface area is 106 Å². The number of hydrogen-bond donors (Lipinski definition) is 0. The molecule has 2 rings (SSSR count). The second-order valence-electron chi connectivity index (χ2n) is 3.79. The Morgan fingerprint density at radius 1 is 1.41 bits per heavy atom. The highest BCUT2D eigenvalue weighted by Crippen LogP contribution is 2.10. The summed E-state index contributed by atoms with van der Waals surface area (Å²) in [5.74, 6) is -0.401. The van der Waals surface area contributed by atoms with E-state index in [1.54, 1.807) is 25.4 Å². The Balaban J connectivity index is 2.40. The van der Waals surface area contributed by atoms with Crippen LogP contribution in [0.1, 0.15) is 11.1 Å². The predicted octanol–water partition coefficient (Wildman–Crippen LogP) is 2.50. The van der Waals surface area contributed by atoms with E-state index in [2.05, 4.69) is 20.9 Å². The predicted molar refractivity (Wildman–Crippen MR) is 66.4 cm³/mol. The summed E-state index contributed by atoms with van der Waals surface area (Å²) in [6, 6.07) is 3.12. The number of rotatable bonds is 2. The summed E-state index contributed by atoms with van der Waals surface area (Å²) < 4.78 is 15.3. The van der Waals surface area contributed by atoms with Crippen LogP contribution >= 0.6 is 15.9 Å². The van der Waals surface area contributed by atoms with E-state index < -0.39 is 5.82 Å². The van der Waals surface area contributed by atoms with E-state index in [0.29, 0.717) is 17.7 Å². The minimum absolute atomic E-state index is 0.0857. The Hall–Kier alpha value is -1.49. The van der Waals surface area contributed by atoms with E-state index >= 15 is 0 Å². The Morgan fingerprint density at radius 2 is 2.18 bits per heavy atom. The number of aromatic nitrogens is 2. The first-order valence-electron chi connectivity index (χ1n) is 5.02. The van der Waals surface area contributed by atoms with Crippen molar-refractivity contribution in [3.8, 4) is 0 Å². The third-order valence-corrected chi connectivity index (χ3v) is 2.78. The summed E-state index contributed by atoms with van der Waals surface area (Å²) in [5.41, 5.74) is 1.21. The van der Waals surface area contributed by atoms with Gasteiger partial charge in [-0.1, -0.05) is 0 Å². The molecule has 0 N–H and O–H groups in total. The highest BCUT2D eigenvalue weighted by Gasteiger charge is 2.03. The van der Waals surface area contributed by atoms with Crippen LogP contribution in [0.2, 0.25) is 0 Å². The molecule has 17 heavy (non-hydrogen) atoms. The lowest BCUT2D eigenvalue weighted by Crippen LogP contribution is -2.22. The number of nitrogens with zero attached hydrogens (tertiary/aromatic N) is 2. The van der Waals surface area contributed by atoms with Gasteiger partial charge in [-0.25, -0.2) is 4.39 Å². The van der Waals surface area contributed by atoms with Crippen molar-refractivity contribution >= 4 is 15.9 Å². The lowest BCUT2D eigenvalue weighted by atomic mass is 10.2. The maximum absolute atomic E-state index is 13.0. The molecular formula is C12H10BrFN2O. The highest BCUT2D eigenvalue weighted by molar-refractivity contribution is 9.10. The second kappa shape index (κ2) is 4.79. The number of aryl methyl sites for hydroxylation is 1. The minimum atomic E-state index is -0.401. The molecule has 0 saturated heterocycles. The fraction of sp³-hybridized carbons (Fsp3) is 0.167. The molecule has 0 spiro atoms. The molecule has 0 aliphatic rings. The smallest absolute Gasteiger partial charge is 0.253 e. The van der Waals surface area contributed by atoms with Crippen molar-refractivity contribution in [3.05, 3.63) is 62.5 Å². The van der Waals surface area contributed by atoms with Gasteiger partial charge in [-0.2, -0.15) is 0 Å². The van der Waals surface area contributed by atoms with Crippen molar-refractivity contribution < 1.29 is 4.39 Å². The summed E-state index contributed by atoms with van der Waals surface area (Å²) in [4.78, 5) is 15.6. The zero-order chi connectivity index (χ0) is 12.4. The number of hydrogen-bond acceptors (Lipinski definition) is 2. The van der Waals surface area contributed by atoms with Gasteiger partial charge in [0.1, 0.15) is 5.82 Å². The molecule has 3 nitrogen and oxygen atoms in total. The van der Waals surface area contributed by atoms with Crippen molar-refractivity contribution in [1.82, 2.24) is 9.55 Å². The van der Waals surface area contributed by atoms with Gasteiger partial charge in [0.15, 0.2) is 0 Å². The van der Waals surface area contributed by atoms with E-state index in [9.17, 15) is 9.18 Å². The first-order valence-corrected chi connectivity index (χ1v) is 5.81. The first kappa shape index (κ1) is 12.0. The molecule has 0 unspecified atom stereocenters. The second-order valence-corrected chi connectivity index (χ2v) is 4.70. The van der Waals surface area contributed by atoms with Crippen molar-refractivity contribution in [2.24, 2.45) is 0 Å². The van der Waals surface area contributed by atoms with Gasteiger partial charge in [-0.05, 0) is 40.5 Å². The normalized spacial score (nSPS) is 10.5. The summed E-state index contributed by atoms with van der Waals surface area (Å²) in [6.07, 6.45) is 4.37. The number of pyridine rings is 2. The van der Waals surface area contributed by atoms with Crippen LogP contribution in [0, 0.1) is 12.7 Å². The monoisotopic (exact) mass is 296 g/mol. The van der Waals surface area contributed by atoms with E-state index in [1.807, 2.05) is 0 Å². The molecule has 0 aromatic carbocycles. The molecule has 0 saturated carbocycles. The maximum Gasteiger partial charge on any atom is 0.253 e. The number of halogens is 2. The Morgan fingerprint density at radius 3 is 2.88 bits per heavy atom. The first-order chi connectivity index (χ1) is 8.06. The van der Waals surface area contributed by atoms with Gasteiger partial charge < -0.3 is 4.57 Å². The lowest BCUT2D eigenvalue weighted by Gasteiger charge is -2.07. The molecular weight excluding hydrogens is 287 g/mol. The van der Waals surface area contributed by atoms with E-state index in [4.69, 9.17) is 0 Å². The van der Waals surface area contributed by atoms with Gasteiger partial charge in [-0.15, -0.1) is 0 Å². The summed E-state index contributed by atoms with van der Waals surface area (Å²) >= 11 is 3.33. The van der Waals surface area contributed by atoms with Crippen LogP contribution in [0.4, 0.5) is 4.39 Å². The van der Waals surface area contributed by atoms with Crippen LogP contribution in [0.15, 0.2) is 40.0 Å². The summed E-state index contributed by atoms with van der Waals surface area (Å²) in [5, 5.41) is 0. The third-order valence-electron chi connectivity index (χ3n) is 2.35. The zero-order valence-electron chi connectivity index (χ0n) is 9.15. The largest absolute Gasteiger partial charge is 0.310 e. The highest BCUT2D eigenvalue weighted by atomic mass is 79.9. The van der Waals surface area contributed by atoms with Gasteiger partial charge in [0.25, 0.3) is 5.56 Å². The molecule has 0 aliphatic heterocycles. The third kappa shape index (κ3) is 2.79. The Kier molecular flexibility index (Phi) is 3.38. The molecule has 2 aromatic heterocycles. The van der Waals surface area contributed by atoms with Crippen molar-refractivity contribution in [2.45, 2.75) is 13.5 Å². The Bertz CT molecular complexity index is 610. The molecule has 0 amide bonds. The molecule has 0 aliphatic carbocycles. The van der Waals surface area contributed by atoms with Crippen LogP contribution in [-0.2, 0) is 6.54 Å². The van der Waals surface area contributed by atoms with Gasteiger partial charge in [0.2, 0.25) is 0 Å². The van der Waals surface area contributed by atoms with Gasteiger partial charge in [0.05, 0.1) is 12.7 Å². The van der Waals surface area contributed by atoms with Crippen LogP contribution < -0.4 is 5.56 Å². The molecule has 88 valence electrons. The molecule has 0 bridgehead atoms. The topological polar surface area (TPSA) is 34.9 Å². The molecule has 5 heteroatoms. The van der Waals surface area contributed by atoms with Crippen molar-refractivity contribution in [2.75, 3.05) is 0 Å². The lowest BCUT2D eigenvalue weighted by molar-refractivity contribution is 0.615. The molecule has 2 heterocycles. The minimum Gasteiger partial charge on any atom is -0.310 e. The van der Waals surface area contributed by atoms with Crippen LogP contribution in [0.25, 0.3) is 0 Å². The SMILES string of the molecule is Cc1cc(Br)cn(Cc2cncc(F)c2)c1=O. The average molecular weight is 297 g/mol. The van der Waals surface area contributed by atoms with E-state index in [0.717, 1.165) is 10.7 Å². The summed E-state index contributed by atoms with van der Waals surface area (Å²) in [6.45, 7) is 2.05. The van der Waals surface area contributed by atoms with Crippen LogP contribution in [0.5, 0.6) is 0 Å². The van der Waals surface area contributed by atoms with Crippen molar-refractivity contribution in [3.63, 3.8) is 0 Å².